The number of fused-ring (bicyclic) bond motifs is 3. The number of alkyl halides is 4. The first-order valence-corrected chi connectivity index (χ1v) is 7.58. The average molecular weight is 330 g/mol. The first-order chi connectivity index (χ1) is 10.4. The lowest BCUT2D eigenvalue weighted by molar-refractivity contribution is -0.136. The number of halogens is 4. The molecule has 1 N–H and O–H groups in total. The SMILES string of the molecule is CCN1C[C@@H](CCl)c2c1cc(O)c1cccc(C(F)(F)F)c21. The van der Waals surface area contributed by atoms with Gasteiger partial charge in [-0.25, -0.2) is 0 Å². The number of hydrogen-bond donors (Lipinski definition) is 1. The molecule has 0 radical (unpaired) electrons. The Kier molecular flexibility index (Phi) is 3.63. The maximum Gasteiger partial charge on any atom is 0.417 e. The zero-order chi connectivity index (χ0) is 16.1. The third kappa shape index (κ3) is 2.19. The largest absolute Gasteiger partial charge is 0.507 e. The molecule has 0 spiro atoms. The predicted octanol–water partition coefficient (Wildman–Crippen LogP) is 4.73. The van der Waals surface area contributed by atoms with Crippen LogP contribution in [-0.2, 0) is 6.18 Å². The second-order valence-electron chi connectivity index (χ2n) is 5.44. The Morgan fingerprint density at radius 1 is 1.36 bits per heavy atom. The molecule has 6 heteroatoms. The van der Waals surface area contributed by atoms with Crippen LogP contribution in [0.4, 0.5) is 18.9 Å². The van der Waals surface area contributed by atoms with E-state index in [0.717, 1.165) is 6.07 Å². The Morgan fingerprint density at radius 3 is 2.68 bits per heavy atom. The van der Waals surface area contributed by atoms with Gasteiger partial charge in [-0.05, 0) is 18.6 Å². The Morgan fingerprint density at radius 2 is 2.09 bits per heavy atom. The molecule has 1 aliphatic rings. The number of phenolic OH excluding ortho intramolecular Hbond substituents is 1. The summed E-state index contributed by atoms with van der Waals surface area (Å²) in [5.74, 6) is -0.0630. The van der Waals surface area contributed by atoms with Gasteiger partial charge in [-0.3, -0.25) is 0 Å². The Bertz CT molecular complexity index is 729. The molecule has 0 saturated carbocycles. The van der Waals surface area contributed by atoms with Crippen molar-refractivity contribution >= 4 is 28.1 Å². The molecule has 0 saturated heterocycles. The highest BCUT2D eigenvalue weighted by Crippen LogP contribution is 2.48. The fourth-order valence-electron chi connectivity index (χ4n) is 3.26. The van der Waals surface area contributed by atoms with Crippen molar-refractivity contribution in [3.05, 3.63) is 35.4 Å². The Hall–Kier alpha value is -1.62. The first kappa shape index (κ1) is 15.3. The highest BCUT2D eigenvalue weighted by atomic mass is 35.5. The van der Waals surface area contributed by atoms with Gasteiger partial charge in [-0.1, -0.05) is 12.1 Å². The van der Waals surface area contributed by atoms with Crippen LogP contribution in [0.2, 0.25) is 0 Å². The number of benzene rings is 2. The van der Waals surface area contributed by atoms with Crippen LogP contribution in [0.5, 0.6) is 5.75 Å². The van der Waals surface area contributed by atoms with Crippen molar-refractivity contribution in [3.63, 3.8) is 0 Å². The van der Waals surface area contributed by atoms with E-state index < -0.39 is 11.7 Å². The zero-order valence-electron chi connectivity index (χ0n) is 11.9. The van der Waals surface area contributed by atoms with Gasteiger partial charge in [-0.15, -0.1) is 11.6 Å². The van der Waals surface area contributed by atoms with Gasteiger partial charge in [0.15, 0.2) is 0 Å². The molecule has 0 amide bonds. The van der Waals surface area contributed by atoms with Crippen LogP contribution >= 0.6 is 11.6 Å². The van der Waals surface area contributed by atoms with E-state index >= 15 is 0 Å². The van der Waals surface area contributed by atoms with E-state index in [9.17, 15) is 18.3 Å². The number of likely N-dealkylation sites (N-methyl/N-ethyl adjacent to an activating group) is 1. The van der Waals surface area contributed by atoms with Crippen molar-refractivity contribution < 1.29 is 18.3 Å². The smallest absolute Gasteiger partial charge is 0.417 e. The summed E-state index contributed by atoms with van der Waals surface area (Å²) in [7, 11) is 0. The van der Waals surface area contributed by atoms with E-state index in [1.165, 1.54) is 12.1 Å². The van der Waals surface area contributed by atoms with Gasteiger partial charge in [0.2, 0.25) is 0 Å². The van der Waals surface area contributed by atoms with Crippen LogP contribution in [0.3, 0.4) is 0 Å². The van der Waals surface area contributed by atoms with E-state index in [0.29, 0.717) is 24.3 Å². The summed E-state index contributed by atoms with van der Waals surface area (Å²) >= 11 is 5.99. The van der Waals surface area contributed by atoms with Crippen LogP contribution in [0, 0.1) is 0 Å². The maximum atomic E-state index is 13.4. The first-order valence-electron chi connectivity index (χ1n) is 7.05. The number of nitrogens with zero attached hydrogens (tertiary/aromatic N) is 1. The molecule has 22 heavy (non-hydrogen) atoms. The maximum absolute atomic E-state index is 13.4. The number of anilines is 1. The van der Waals surface area contributed by atoms with Crippen LogP contribution < -0.4 is 4.90 Å². The van der Waals surface area contributed by atoms with Crippen LogP contribution in [0.1, 0.15) is 24.0 Å². The van der Waals surface area contributed by atoms with Crippen molar-refractivity contribution in [1.29, 1.82) is 0 Å². The van der Waals surface area contributed by atoms with E-state index in [1.54, 1.807) is 6.07 Å². The van der Waals surface area contributed by atoms with Crippen LogP contribution in [0.15, 0.2) is 24.3 Å². The predicted molar refractivity (Wildman–Crippen MR) is 82.0 cm³/mol. The molecule has 0 aliphatic carbocycles. The van der Waals surface area contributed by atoms with Crippen LogP contribution in [-0.4, -0.2) is 24.1 Å². The van der Waals surface area contributed by atoms with Crippen molar-refractivity contribution in [2.45, 2.75) is 19.0 Å². The second-order valence-corrected chi connectivity index (χ2v) is 5.75. The Balaban J connectivity index is 2.43. The molecule has 0 aromatic heterocycles. The fourth-order valence-corrected chi connectivity index (χ4v) is 3.51. The fraction of sp³-hybridized carbons (Fsp3) is 0.375. The summed E-state index contributed by atoms with van der Waals surface area (Å²) in [4.78, 5) is 1.95. The molecule has 1 aliphatic heterocycles. The lowest BCUT2D eigenvalue weighted by Crippen LogP contribution is -2.21. The van der Waals surface area contributed by atoms with Gasteiger partial charge >= 0.3 is 6.18 Å². The zero-order valence-corrected chi connectivity index (χ0v) is 12.7. The molecule has 2 nitrogen and oxygen atoms in total. The Labute approximate surface area is 131 Å². The van der Waals surface area contributed by atoms with Gasteiger partial charge < -0.3 is 10.0 Å². The van der Waals surface area contributed by atoms with Gasteiger partial charge in [-0.2, -0.15) is 13.2 Å². The lowest BCUT2D eigenvalue weighted by atomic mass is 9.92. The number of aromatic hydroxyl groups is 1. The monoisotopic (exact) mass is 329 g/mol. The van der Waals surface area contributed by atoms with E-state index in [4.69, 9.17) is 11.6 Å². The minimum atomic E-state index is -4.47. The molecule has 3 rings (SSSR count). The lowest BCUT2D eigenvalue weighted by Gasteiger charge is -2.19. The van der Waals surface area contributed by atoms with Gasteiger partial charge in [0, 0.05) is 47.4 Å². The summed E-state index contributed by atoms with van der Waals surface area (Å²) in [6.45, 7) is 3.15. The summed E-state index contributed by atoms with van der Waals surface area (Å²) < 4.78 is 40.2. The van der Waals surface area contributed by atoms with E-state index in [1.807, 2.05) is 11.8 Å². The summed E-state index contributed by atoms with van der Waals surface area (Å²) in [5, 5.41) is 10.5. The number of phenols is 1. The highest BCUT2D eigenvalue weighted by molar-refractivity contribution is 6.19. The number of rotatable bonds is 2. The molecule has 118 valence electrons. The molecule has 1 heterocycles. The number of hydrogen-bond acceptors (Lipinski definition) is 2. The normalized spacial score (nSPS) is 18.0. The van der Waals surface area contributed by atoms with E-state index in [2.05, 4.69) is 0 Å². The minimum absolute atomic E-state index is 0.0756. The molecule has 1 atom stereocenters. The average Bonchev–Trinajstić information content (AvgIpc) is 2.83. The van der Waals surface area contributed by atoms with Crippen molar-refractivity contribution in [3.8, 4) is 5.75 Å². The highest BCUT2D eigenvalue weighted by Gasteiger charge is 2.38. The molecule has 0 bridgehead atoms. The van der Waals surface area contributed by atoms with Crippen LogP contribution in [0.25, 0.3) is 10.8 Å². The molecule has 2 aromatic rings. The minimum Gasteiger partial charge on any atom is -0.507 e. The topological polar surface area (TPSA) is 23.5 Å². The van der Waals surface area contributed by atoms with Crippen molar-refractivity contribution in [2.75, 3.05) is 23.9 Å². The molecular formula is C16H15ClF3NO. The molecule has 2 aromatic carbocycles. The molecular weight excluding hydrogens is 315 g/mol. The van der Waals surface area contributed by atoms with Gasteiger partial charge in [0.25, 0.3) is 0 Å². The van der Waals surface area contributed by atoms with Crippen molar-refractivity contribution in [2.24, 2.45) is 0 Å². The van der Waals surface area contributed by atoms with E-state index in [-0.39, 0.29) is 28.3 Å². The molecule has 0 unspecified atom stereocenters. The third-order valence-corrected chi connectivity index (χ3v) is 4.59. The molecule has 0 fully saturated rings. The van der Waals surface area contributed by atoms with Gasteiger partial charge in [0.1, 0.15) is 5.75 Å². The summed E-state index contributed by atoms with van der Waals surface area (Å²) in [5.41, 5.74) is 0.526. The standard InChI is InChI=1S/C16H15ClF3NO/c1-2-21-8-9(7-17)14-12(21)6-13(22)10-4-3-5-11(15(10)14)16(18,19)20/h3-6,9,22H,2,7-8H2,1H3/t9-/m1/s1. The van der Waals surface area contributed by atoms with Crippen molar-refractivity contribution in [1.82, 2.24) is 0 Å². The quantitative estimate of drug-likeness (QED) is 0.805. The third-order valence-electron chi connectivity index (χ3n) is 4.22. The summed E-state index contributed by atoms with van der Waals surface area (Å²) in [6.07, 6.45) is -4.47. The summed E-state index contributed by atoms with van der Waals surface area (Å²) in [6, 6.07) is 5.44. The second kappa shape index (κ2) is 5.23. The van der Waals surface area contributed by atoms with Gasteiger partial charge in [0.05, 0.1) is 5.56 Å².